The molecule has 0 saturated heterocycles. The van der Waals surface area contributed by atoms with Crippen molar-refractivity contribution < 1.29 is 9.13 Å². The molecule has 1 aliphatic heterocycles. The Kier molecular flexibility index (Phi) is 4.01. The highest BCUT2D eigenvalue weighted by Gasteiger charge is 2.21. The van der Waals surface area contributed by atoms with Gasteiger partial charge in [0.25, 0.3) is 0 Å². The molecule has 5 heterocycles. The minimum atomic E-state index is -0.290. The van der Waals surface area contributed by atoms with Crippen molar-refractivity contribution in [3.05, 3.63) is 71.7 Å². The highest BCUT2D eigenvalue weighted by atomic mass is 19.1. The Hall–Kier alpha value is -4.52. The fraction of sp³-hybridized carbons (Fsp3) is 0.136. The number of nitrogens with one attached hydrogen (secondary N) is 1. The fourth-order valence-electron chi connectivity index (χ4n) is 4.08. The fourth-order valence-corrected chi connectivity index (χ4v) is 4.08. The van der Waals surface area contributed by atoms with E-state index >= 15 is 0 Å². The number of hydrogen-bond donors (Lipinski definition) is 1. The predicted octanol–water partition coefficient (Wildman–Crippen LogP) is 3.00. The van der Waals surface area contributed by atoms with Crippen LogP contribution in [0.2, 0.25) is 0 Å². The van der Waals surface area contributed by atoms with E-state index in [0.717, 1.165) is 11.3 Å². The molecule has 1 aliphatic rings. The quantitative estimate of drug-likeness (QED) is 0.471. The maximum absolute atomic E-state index is 14.5. The molecule has 0 unspecified atom stereocenters. The number of ether oxygens (including phenoxy) is 1. The molecular formula is C22H15FN8O. The number of pyridine rings is 1. The first-order chi connectivity index (χ1) is 15.7. The molecule has 5 aromatic rings. The van der Waals surface area contributed by atoms with Crippen LogP contribution in [0.25, 0.3) is 22.6 Å². The Bertz CT molecular complexity index is 1550. The van der Waals surface area contributed by atoms with E-state index in [-0.39, 0.29) is 12.4 Å². The van der Waals surface area contributed by atoms with Crippen molar-refractivity contribution in [3.8, 4) is 23.1 Å². The lowest BCUT2D eigenvalue weighted by Gasteiger charge is -2.12. The first-order valence-electron chi connectivity index (χ1n) is 9.98. The number of anilines is 1. The van der Waals surface area contributed by atoms with Crippen LogP contribution in [0, 0.1) is 17.1 Å². The molecule has 0 saturated carbocycles. The van der Waals surface area contributed by atoms with Crippen LogP contribution in [0.4, 0.5) is 10.3 Å². The van der Waals surface area contributed by atoms with Gasteiger partial charge < -0.3 is 10.1 Å². The van der Waals surface area contributed by atoms with E-state index in [1.807, 2.05) is 18.2 Å². The van der Waals surface area contributed by atoms with Gasteiger partial charge in [-0.25, -0.2) is 14.4 Å². The summed E-state index contributed by atoms with van der Waals surface area (Å²) in [5.74, 6) is 0.880. The van der Waals surface area contributed by atoms with Gasteiger partial charge in [-0.05, 0) is 24.3 Å². The number of imidazole rings is 1. The van der Waals surface area contributed by atoms with E-state index in [2.05, 4.69) is 31.6 Å². The molecule has 4 aromatic heterocycles. The molecule has 0 radical (unpaired) electrons. The molecule has 156 valence electrons. The van der Waals surface area contributed by atoms with Crippen LogP contribution in [-0.4, -0.2) is 35.6 Å². The maximum atomic E-state index is 14.5. The molecule has 0 fully saturated rings. The lowest BCUT2D eigenvalue weighted by molar-refractivity contribution is 0.356. The second kappa shape index (κ2) is 7.02. The van der Waals surface area contributed by atoms with E-state index in [1.54, 1.807) is 27.3 Å². The smallest absolute Gasteiger partial charge is 0.210 e. The molecule has 0 bridgehead atoms. The molecule has 0 aliphatic carbocycles. The molecule has 0 spiro atoms. The summed E-state index contributed by atoms with van der Waals surface area (Å²) < 4.78 is 23.4. The SMILES string of the molecule is N#Cc1c(-c2cnc(NCc3c(F)ccc4c3CCO4)n3cnnc23)nc2ccccn12. The molecule has 0 atom stereocenters. The largest absolute Gasteiger partial charge is 0.493 e. The summed E-state index contributed by atoms with van der Waals surface area (Å²) in [7, 11) is 0. The third kappa shape index (κ3) is 2.68. The van der Waals surface area contributed by atoms with Gasteiger partial charge in [0.1, 0.15) is 35.3 Å². The van der Waals surface area contributed by atoms with Crippen LogP contribution in [0.5, 0.6) is 5.75 Å². The van der Waals surface area contributed by atoms with E-state index in [9.17, 15) is 9.65 Å². The molecule has 1 aromatic carbocycles. The monoisotopic (exact) mass is 426 g/mol. The molecule has 1 N–H and O–H groups in total. The average molecular weight is 426 g/mol. The minimum absolute atomic E-state index is 0.232. The van der Waals surface area contributed by atoms with Crippen molar-refractivity contribution in [2.45, 2.75) is 13.0 Å². The minimum Gasteiger partial charge on any atom is -0.493 e. The summed E-state index contributed by atoms with van der Waals surface area (Å²) in [6.45, 7) is 0.782. The van der Waals surface area contributed by atoms with Gasteiger partial charge in [-0.1, -0.05) is 6.07 Å². The van der Waals surface area contributed by atoms with Crippen molar-refractivity contribution >= 4 is 17.2 Å². The lowest BCUT2D eigenvalue weighted by atomic mass is 10.0. The molecule has 32 heavy (non-hydrogen) atoms. The van der Waals surface area contributed by atoms with E-state index < -0.39 is 0 Å². The van der Waals surface area contributed by atoms with Crippen molar-refractivity contribution in [2.75, 3.05) is 11.9 Å². The Labute approximate surface area is 180 Å². The Balaban J connectivity index is 1.41. The number of fused-ring (bicyclic) bond motifs is 3. The van der Waals surface area contributed by atoms with Crippen LogP contribution < -0.4 is 10.1 Å². The average Bonchev–Trinajstić information content (AvgIpc) is 3.55. The van der Waals surface area contributed by atoms with Crippen LogP contribution in [0.15, 0.2) is 49.1 Å². The molecule has 6 rings (SSSR count). The second-order valence-electron chi connectivity index (χ2n) is 7.32. The van der Waals surface area contributed by atoms with E-state index in [1.165, 1.54) is 12.4 Å². The number of nitriles is 1. The van der Waals surface area contributed by atoms with Gasteiger partial charge in [-0.2, -0.15) is 5.26 Å². The standard InChI is InChI=1S/C22H15FN8O/c23-16-4-5-18-13(6-8-32-18)14(16)10-25-22-26-11-15(21-29-27-12-31(21)22)20-17(9-24)30-7-2-1-3-19(30)28-20/h1-5,7,11-12H,6,8,10H2,(H,25,26). The number of hydrogen-bond acceptors (Lipinski definition) is 7. The summed E-state index contributed by atoms with van der Waals surface area (Å²) in [5.41, 5.74) is 4.00. The third-order valence-corrected chi connectivity index (χ3v) is 5.59. The number of rotatable bonds is 4. The van der Waals surface area contributed by atoms with Gasteiger partial charge in [-0.3, -0.25) is 8.80 Å². The Morgan fingerprint density at radius 3 is 3.06 bits per heavy atom. The van der Waals surface area contributed by atoms with Crippen molar-refractivity contribution in [1.82, 2.24) is 29.0 Å². The van der Waals surface area contributed by atoms with Gasteiger partial charge in [0.2, 0.25) is 5.95 Å². The third-order valence-electron chi connectivity index (χ3n) is 5.59. The number of nitrogens with zero attached hydrogens (tertiary/aromatic N) is 7. The predicted molar refractivity (Wildman–Crippen MR) is 113 cm³/mol. The van der Waals surface area contributed by atoms with Crippen LogP contribution in [0.3, 0.4) is 0 Å². The topological polar surface area (TPSA) is 105 Å². The van der Waals surface area contributed by atoms with Crippen molar-refractivity contribution in [2.24, 2.45) is 0 Å². The van der Waals surface area contributed by atoms with Gasteiger partial charge in [0.15, 0.2) is 11.3 Å². The van der Waals surface area contributed by atoms with Crippen LogP contribution in [-0.2, 0) is 13.0 Å². The summed E-state index contributed by atoms with van der Waals surface area (Å²) in [6.07, 6.45) is 5.57. The van der Waals surface area contributed by atoms with Gasteiger partial charge in [-0.15, -0.1) is 10.2 Å². The summed E-state index contributed by atoms with van der Waals surface area (Å²) >= 11 is 0. The number of aromatic nitrogens is 6. The molecule has 9 nitrogen and oxygen atoms in total. The summed E-state index contributed by atoms with van der Waals surface area (Å²) in [6, 6.07) is 10.8. The normalized spacial score (nSPS) is 12.6. The zero-order valence-corrected chi connectivity index (χ0v) is 16.7. The Morgan fingerprint density at radius 1 is 1.22 bits per heavy atom. The highest BCUT2D eigenvalue weighted by Crippen LogP contribution is 2.31. The lowest BCUT2D eigenvalue weighted by Crippen LogP contribution is -2.10. The highest BCUT2D eigenvalue weighted by molar-refractivity contribution is 5.80. The van der Waals surface area contributed by atoms with Crippen molar-refractivity contribution in [1.29, 1.82) is 5.26 Å². The molecular weight excluding hydrogens is 411 g/mol. The first-order valence-corrected chi connectivity index (χ1v) is 9.98. The molecule has 10 heteroatoms. The van der Waals surface area contributed by atoms with E-state index in [0.29, 0.717) is 52.8 Å². The summed E-state index contributed by atoms with van der Waals surface area (Å²) in [4.78, 5) is 9.09. The zero-order valence-electron chi connectivity index (χ0n) is 16.7. The first kappa shape index (κ1) is 18.3. The van der Waals surface area contributed by atoms with E-state index in [4.69, 9.17) is 4.74 Å². The maximum Gasteiger partial charge on any atom is 0.210 e. The van der Waals surface area contributed by atoms with Gasteiger partial charge in [0, 0.05) is 36.5 Å². The Morgan fingerprint density at radius 2 is 2.16 bits per heavy atom. The molecule has 0 amide bonds. The van der Waals surface area contributed by atoms with Crippen LogP contribution in [0.1, 0.15) is 16.8 Å². The number of halogens is 1. The summed E-state index contributed by atoms with van der Waals surface area (Å²) in [5, 5.41) is 21.1. The second-order valence-corrected chi connectivity index (χ2v) is 7.32. The van der Waals surface area contributed by atoms with Crippen molar-refractivity contribution in [3.63, 3.8) is 0 Å². The van der Waals surface area contributed by atoms with Gasteiger partial charge in [0.05, 0.1) is 12.2 Å². The number of benzene rings is 1. The van der Waals surface area contributed by atoms with Crippen LogP contribution >= 0.6 is 0 Å². The van der Waals surface area contributed by atoms with Gasteiger partial charge >= 0.3 is 0 Å². The zero-order chi connectivity index (χ0) is 21.7.